The number of rotatable bonds is 4. The van der Waals surface area contributed by atoms with E-state index in [2.05, 4.69) is 0 Å². The highest BCUT2D eigenvalue weighted by atomic mass is 16.5. The molecule has 3 heteroatoms. The summed E-state index contributed by atoms with van der Waals surface area (Å²) in [6, 6.07) is 18.6. The van der Waals surface area contributed by atoms with Gasteiger partial charge in [-0.2, -0.15) is 5.06 Å². The number of carbonyl (C=O) groups excluding carboxylic acids is 1. The second kappa shape index (κ2) is 9.02. The van der Waals surface area contributed by atoms with Gasteiger partial charge >= 0.3 is 0 Å². The summed E-state index contributed by atoms with van der Waals surface area (Å²) in [4.78, 5) is 11.8. The van der Waals surface area contributed by atoms with Crippen molar-refractivity contribution in [2.45, 2.75) is 13.8 Å². The van der Waals surface area contributed by atoms with Crippen molar-refractivity contribution in [3.05, 3.63) is 71.8 Å². The van der Waals surface area contributed by atoms with Crippen LogP contribution in [-0.2, 0) is 0 Å². The zero-order valence-electron chi connectivity index (χ0n) is 12.0. The largest absolute Gasteiger partial charge is 0.314 e. The van der Waals surface area contributed by atoms with Crippen LogP contribution in [0.2, 0.25) is 0 Å². The van der Waals surface area contributed by atoms with E-state index in [1.54, 1.807) is 0 Å². The highest BCUT2D eigenvalue weighted by Gasteiger charge is 2.06. The Morgan fingerprint density at radius 2 is 1.20 bits per heavy atom. The summed E-state index contributed by atoms with van der Waals surface area (Å²) in [7, 11) is 0. The second-order valence-corrected chi connectivity index (χ2v) is 4.20. The van der Waals surface area contributed by atoms with Crippen LogP contribution >= 0.6 is 0 Å². The Morgan fingerprint density at radius 1 is 0.850 bits per heavy atom. The number of carbonyl (C=O) groups is 1. The Bertz CT molecular complexity index is 451. The van der Waals surface area contributed by atoms with Gasteiger partial charge in [-0.1, -0.05) is 74.5 Å². The van der Waals surface area contributed by atoms with E-state index in [0.717, 1.165) is 24.2 Å². The van der Waals surface area contributed by atoms with Crippen molar-refractivity contribution in [2.75, 3.05) is 13.1 Å². The molecule has 2 aromatic rings. The van der Waals surface area contributed by atoms with Crippen LogP contribution in [0.25, 0.3) is 0 Å². The minimum atomic E-state index is 0.0752. The first kappa shape index (κ1) is 16.1. The molecule has 3 nitrogen and oxygen atoms in total. The Kier molecular flexibility index (Phi) is 7.25. The molecule has 20 heavy (non-hydrogen) atoms. The highest BCUT2D eigenvalue weighted by Crippen LogP contribution is 2.08. The molecular weight excluding hydrogens is 250 g/mol. The predicted octanol–water partition coefficient (Wildman–Crippen LogP) is 3.64. The molecule has 0 aliphatic heterocycles. The van der Waals surface area contributed by atoms with Crippen LogP contribution in [0.4, 0.5) is 0 Å². The molecule has 0 atom stereocenters. The number of hydrogen-bond acceptors (Lipinski definition) is 3. The van der Waals surface area contributed by atoms with Crippen molar-refractivity contribution >= 4 is 5.78 Å². The molecule has 2 aromatic carbocycles. The van der Waals surface area contributed by atoms with Gasteiger partial charge in [0.25, 0.3) is 0 Å². The lowest BCUT2D eigenvalue weighted by atomic mass is 10.0. The van der Waals surface area contributed by atoms with Gasteiger partial charge in [-0.25, -0.2) is 0 Å². The van der Waals surface area contributed by atoms with Crippen LogP contribution in [0.1, 0.15) is 29.8 Å². The van der Waals surface area contributed by atoms with Crippen LogP contribution in [-0.4, -0.2) is 29.1 Å². The molecule has 0 fully saturated rings. The van der Waals surface area contributed by atoms with Gasteiger partial charge < -0.3 is 5.21 Å². The number of benzene rings is 2. The van der Waals surface area contributed by atoms with Crippen LogP contribution < -0.4 is 0 Å². The van der Waals surface area contributed by atoms with Gasteiger partial charge in [0, 0.05) is 24.2 Å². The number of hydrogen-bond donors (Lipinski definition) is 1. The fraction of sp³-hybridized carbons (Fsp3) is 0.235. The van der Waals surface area contributed by atoms with Crippen molar-refractivity contribution in [1.82, 2.24) is 5.06 Å². The van der Waals surface area contributed by atoms with E-state index in [1.165, 1.54) is 5.06 Å². The molecule has 0 heterocycles. The second-order valence-electron chi connectivity index (χ2n) is 4.20. The lowest BCUT2D eigenvalue weighted by molar-refractivity contribution is -0.0813. The molecule has 0 bridgehead atoms. The maximum atomic E-state index is 11.8. The Hall–Kier alpha value is -1.97. The summed E-state index contributed by atoms with van der Waals surface area (Å²) in [6.07, 6.45) is 0. The predicted molar refractivity (Wildman–Crippen MR) is 81.0 cm³/mol. The maximum Gasteiger partial charge on any atom is 0.193 e. The molecular formula is C17H21NO2. The molecule has 106 valence electrons. The SMILES string of the molecule is CCN(O)CC.O=C(c1ccccc1)c1ccccc1. The Labute approximate surface area is 120 Å². The van der Waals surface area contributed by atoms with E-state index in [1.807, 2.05) is 74.5 Å². The molecule has 0 saturated heterocycles. The zero-order chi connectivity index (χ0) is 14.8. The fourth-order valence-electron chi connectivity index (χ4n) is 1.57. The molecule has 0 aromatic heterocycles. The molecule has 1 N–H and O–H groups in total. The average Bonchev–Trinajstić information content (AvgIpc) is 2.55. The molecule has 0 radical (unpaired) electrons. The minimum absolute atomic E-state index is 0.0752. The first-order chi connectivity index (χ1) is 9.69. The first-order valence-electron chi connectivity index (χ1n) is 6.77. The molecule has 2 rings (SSSR count). The number of hydroxylamine groups is 2. The summed E-state index contributed by atoms with van der Waals surface area (Å²) >= 11 is 0. The zero-order valence-corrected chi connectivity index (χ0v) is 12.0. The third-order valence-electron chi connectivity index (χ3n) is 2.80. The minimum Gasteiger partial charge on any atom is -0.314 e. The van der Waals surface area contributed by atoms with E-state index in [-0.39, 0.29) is 5.78 Å². The lowest BCUT2D eigenvalue weighted by Crippen LogP contribution is -2.16. The number of nitrogens with zero attached hydrogens (tertiary/aromatic N) is 1. The van der Waals surface area contributed by atoms with E-state index in [0.29, 0.717) is 0 Å². The van der Waals surface area contributed by atoms with Gasteiger partial charge in [-0.05, 0) is 0 Å². The standard InChI is InChI=1S/C13H10O.C4H11NO/c14-13(11-7-3-1-4-8-11)12-9-5-2-6-10-12;1-3-5(6)4-2/h1-10H;6H,3-4H2,1-2H3. The van der Waals surface area contributed by atoms with Gasteiger partial charge in [0.2, 0.25) is 0 Å². The van der Waals surface area contributed by atoms with Crippen molar-refractivity contribution in [3.63, 3.8) is 0 Å². The van der Waals surface area contributed by atoms with Gasteiger partial charge in [0.1, 0.15) is 0 Å². The van der Waals surface area contributed by atoms with Crippen molar-refractivity contribution in [1.29, 1.82) is 0 Å². The lowest BCUT2D eigenvalue weighted by Gasteiger charge is -2.05. The molecule has 0 aliphatic carbocycles. The smallest absolute Gasteiger partial charge is 0.193 e. The molecule has 0 unspecified atom stereocenters. The third kappa shape index (κ3) is 5.34. The Balaban J connectivity index is 0.000000286. The summed E-state index contributed by atoms with van der Waals surface area (Å²) in [5, 5.41) is 9.75. The average molecular weight is 271 g/mol. The topological polar surface area (TPSA) is 40.5 Å². The third-order valence-corrected chi connectivity index (χ3v) is 2.80. The Morgan fingerprint density at radius 3 is 1.45 bits per heavy atom. The van der Waals surface area contributed by atoms with Gasteiger partial charge in [0.05, 0.1) is 0 Å². The van der Waals surface area contributed by atoms with Crippen molar-refractivity contribution in [3.8, 4) is 0 Å². The first-order valence-corrected chi connectivity index (χ1v) is 6.77. The quantitative estimate of drug-likeness (QED) is 0.682. The summed E-state index contributed by atoms with van der Waals surface area (Å²) in [5.74, 6) is 0.0752. The van der Waals surface area contributed by atoms with E-state index < -0.39 is 0 Å². The summed E-state index contributed by atoms with van der Waals surface area (Å²) in [6.45, 7) is 5.25. The fourth-order valence-corrected chi connectivity index (χ4v) is 1.57. The molecule has 0 saturated carbocycles. The monoisotopic (exact) mass is 271 g/mol. The van der Waals surface area contributed by atoms with Crippen LogP contribution in [0, 0.1) is 0 Å². The van der Waals surface area contributed by atoms with E-state index in [9.17, 15) is 4.79 Å². The van der Waals surface area contributed by atoms with Crippen LogP contribution in [0.3, 0.4) is 0 Å². The van der Waals surface area contributed by atoms with E-state index >= 15 is 0 Å². The molecule has 0 aliphatic rings. The summed E-state index contributed by atoms with van der Waals surface area (Å²) < 4.78 is 0. The van der Waals surface area contributed by atoms with E-state index in [4.69, 9.17) is 5.21 Å². The highest BCUT2D eigenvalue weighted by molar-refractivity contribution is 6.08. The maximum absolute atomic E-state index is 11.8. The van der Waals surface area contributed by atoms with Crippen molar-refractivity contribution < 1.29 is 10.0 Å². The van der Waals surface area contributed by atoms with Gasteiger partial charge in [0.15, 0.2) is 5.78 Å². The van der Waals surface area contributed by atoms with Crippen LogP contribution in [0.15, 0.2) is 60.7 Å². The van der Waals surface area contributed by atoms with Gasteiger partial charge in [-0.3, -0.25) is 4.79 Å². The summed E-state index contributed by atoms with van der Waals surface area (Å²) in [5.41, 5.74) is 1.47. The molecule has 0 amide bonds. The number of ketones is 1. The van der Waals surface area contributed by atoms with Crippen molar-refractivity contribution in [2.24, 2.45) is 0 Å². The van der Waals surface area contributed by atoms with Crippen LogP contribution in [0.5, 0.6) is 0 Å². The van der Waals surface area contributed by atoms with Gasteiger partial charge in [-0.15, -0.1) is 0 Å². The normalized spacial score (nSPS) is 9.80. The molecule has 0 spiro atoms.